The highest BCUT2D eigenvalue weighted by atomic mass is 16.5. The number of aromatic amines is 1. The zero-order valence-electron chi connectivity index (χ0n) is 12.8. The lowest BCUT2D eigenvalue weighted by molar-refractivity contribution is 0.433. The molecule has 2 fully saturated rings. The molecule has 0 saturated carbocycles. The predicted octanol–water partition coefficient (Wildman–Crippen LogP) is 1.55. The Balaban J connectivity index is 1.57. The third kappa shape index (κ3) is 2.64. The lowest BCUT2D eigenvalue weighted by atomic mass is 10.2. The summed E-state index contributed by atoms with van der Waals surface area (Å²) in [6.07, 6.45) is 2.48. The van der Waals surface area contributed by atoms with Crippen LogP contribution in [0.1, 0.15) is 24.2 Å². The second kappa shape index (κ2) is 5.24. The summed E-state index contributed by atoms with van der Waals surface area (Å²) >= 11 is 0. The Bertz CT molecular complexity index is 672. The first kappa shape index (κ1) is 13.5. The van der Waals surface area contributed by atoms with Crippen molar-refractivity contribution in [2.24, 2.45) is 0 Å². The first-order valence-electron chi connectivity index (χ1n) is 7.72. The number of ether oxygens (including phenoxy) is 1. The Morgan fingerprint density at radius 1 is 1.09 bits per heavy atom. The Hall–Kier alpha value is -2.15. The van der Waals surface area contributed by atoms with E-state index >= 15 is 0 Å². The van der Waals surface area contributed by atoms with Gasteiger partial charge in [0.25, 0.3) is 0 Å². The van der Waals surface area contributed by atoms with Crippen molar-refractivity contribution in [2.75, 3.05) is 18.0 Å². The monoisotopic (exact) mass is 300 g/mol. The van der Waals surface area contributed by atoms with Crippen molar-refractivity contribution in [3.63, 3.8) is 0 Å². The first-order valence-corrected chi connectivity index (χ1v) is 7.72. The number of hydrogen-bond donors (Lipinski definition) is 2. The minimum atomic E-state index is 0.530. The summed E-state index contributed by atoms with van der Waals surface area (Å²) in [5, 5.41) is 10.6. The molecule has 0 aromatic carbocycles. The molecule has 22 heavy (non-hydrogen) atoms. The van der Waals surface area contributed by atoms with Gasteiger partial charge in [0, 0.05) is 48.7 Å². The quantitative estimate of drug-likeness (QED) is 0.895. The van der Waals surface area contributed by atoms with Gasteiger partial charge in [-0.2, -0.15) is 4.98 Å². The minimum absolute atomic E-state index is 0.530. The van der Waals surface area contributed by atoms with Crippen LogP contribution in [0.2, 0.25) is 0 Å². The van der Waals surface area contributed by atoms with Crippen molar-refractivity contribution in [2.45, 2.75) is 38.8 Å². The van der Waals surface area contributed by atoms with Crippen molar-refractivity contribution in [1.82, 2.24) is 25.5 Å². The molecule has 2 aliphatic heterocycles. The lowest BCUT2D eigenvalue weighted by Gasteiger charge is -2.33. The second-order valence-corrected chi connectivity index (χ2v) is 6.18. The fourth-order valence-corrected chi connectivity index (χ4v) is 3.23. The number of nitrogens with one attached hydrogen (secondary N) is 2. The molecule has 2 bridgehead atoms. The molecule has 7 nitrogen and oxygen atoms in total. The average molecular weight is 300 g/mol. The van der Waals surface area contributed by atoms with E-state index in [2.05, 4.69) is 30.4 Å². The zero-order chi connectivity index (χ0) is 15.1. The molecular weight excluding hydrogens is 280 g/mol. The average Bonchev–Trinajstić information content (AvgIpc) is 3.03. The number of anilines is 1. The molecule has 4 heterocycles. The topological polar surface area (TPSA) is 79.0 Å². The number of nitrogens with zero attached hydrogens (tertiary/aromatic N) is 4. The maximum Gasteiger partial charge on any atom is 0.240 e. The van der Waals surface area contributed by atoms with E-state index in [-0.39, 0.29) is 0 Å². The molecule has 2 N–H and O–H groups in total. The number of piperazine rings is 1. The number of rotatable bonds is 3. The third-order valence-corrected chi connectivity index (χ3v) is 4.21. The van der Waals surface area contributed by atoms with Gasteiger partial charge in [-0.25, -0.2) is 4.98 Å². The van der Waals surface area contributed by atoms with E-state index in [0.717, 1.165) is 30.4 Å². The van der Waals surface area contributed by atoms with Gasteiger partial charge in [0.2, 0.25) is 17.7 Å². The number of hydrogen-bond acceptors (Lipinski definition) is 6. The van der Waals surface area contributed by atoms with Crippen molar-refractivity contribution in [3.8, 4) is 11.8 Å². The number of aryl methyl sites for hydroxylation is 2. The van der Waals surface area contributed by atoms with E-state index in [4.69, 9.17) is 4.74 Å². The van der Waals surface area contributed by atoms with E-state index in [1.807, 2.05) is 26.0 Å². The van der Waals surface area contributed by atoms with Gasteiger partial charge in [0.15, 0.2) is 0 Å². The van der Waals surface area contributed by atoms with Crippen molar-refractivity contribution in [1.29, 1.82) is 0 Å². The largest absolute Gasteiger partial charge is 0.419 e. The Morgan fingerprint density at radius 3 is 2.55 bits per heavy atom. The molecule has 2 atom stereocenters. The predicted molar refractivity (Wildman–Crippen MR) is 82.3 cm³/mol. The van der Waals surface area contributed by atoms with Gasteiger partial charge in [0.05, 0.1) is 0 Å². The van der Waals surface area contributed by atoms with E-state index in [1.165, 1.54) is 12.8 Å². The summed E-state index contributed by atoms with van der Waals surface area (Å²) in [4.78, 5) is 11.4. The van der Waals surface area contributed by atoms with Crippen molar-refractivity contribution < 1.29 is 4.74 Å². The maximum atomic E-state index is 5.75. The van der Waals surface area contributed by atoms with E-state index in [1.54, 1.807) is 0 Å². The normalized spacial score (nSPS) is 23.8. The van der Waals surface area contributed by atoms with E-state index < -0.39 is 0 Å². The van der Waals surface area contributed by atoms with Crippen molar-refractivity contribution in [3.05, 3.63) is 23.5 Å². The molecule has 0 aliphatic carbocycles. The number of aromatic nitrogens is 4. The van der Waals surface area contributed by atoms with Crippen LogP contribution in [0.4, 0.5) is 5.95 Å². The van der Waals surface area contributed by atoms with Gasteiger partial charge in [-0.1, -0.05) is 0 Å². The molecule has 0 radical (unpaired) electrons. The standard InChI is InChI=1S/C15H20N6O/c1-9-5-13(22-14-6-10(2)19-20-14)18-15(16-9)21-7-11-3-4-12(8-21)17-11/h5-6,11-12,17H,3-4,7-8H2,1-2H3,(H,19,20)/t11-,12+. The van der Waals surface area contributed by atoms with Gasteiger partial charge < -0.3 is 15.0 Å². The van der Waals surface area contributed by atoms with Gasteiger partial charge in [-0.15, -0.1) is 5.10 Å². The van der Waals surface area contributed by atoms with E-state index in [9.17, 15) is 0 Å². The summed E-state index contributed by atoms with van der Waals surface area (Å²) in [5.41, 5.74) is 1.86. The smallest absolute Gasteiger partial charge is 0.240 e. The number of H-pyrrole nitrogens is 1. The molecule has 0 unspecified atom stereocenters. The number of fused-ring (bicyclic) bond motifs is 2. The van der Waals surface area contributed by atoms with Crippen LogP contribution < -0.4 is 15.0 Å². The SMILES string of the molecule is Cc1cc(Oc2cc(C)[nH]n2)nc(N2C[C@H]3CC[C@@H](C2)N3)n1. The summed E-state index contributed by atoms with van der Waals surface area (Å²) in [6, 6.07) is 4.80. The third-order valence-electron chi connectivity index (χ3n) is 4.21. The Morgan fingerprint density at radius 2 is 1.86 bits per heavy atom. The van der Waals surface area contributed by atoms with Crippen molar-refractivity contribution >= 4 is 5.95 Å². The molecule has 2 saturated heterocycles. The minimum Gasteiger partial charge on any atom is -0.419 e. The molecular formula is C15H20N6O. The van der Waals surface area contributed by atoms with Crippen LogP contribution in [0.5, 0.6) is 11.8 Å². The molecule has 2 aliphatic rings. The molecule has 2 aromatic rings. The summed E-state index contributed by atoms with van der Waals surface area (Å²) in [7, 11) is 0. The molecule has 0 amide bonds. The van der Waals surface area contributed by atoms with Crippen LogP contribution >= 0.6 is 0 Å². The first-order chi connectivity index (χ1) is 10.7. The summed E-state index contributed by atoms with van der Waals surface area (Å²) in [6.45, 7) is 5.82. The zero-order valence-corrected chi connectivity index (χ0v) is 12.8. The Labute approximate surface area is 129 Å². The maximum absolute atomic E-state index is 5.75. The van der Waals surface area contributed by atoms with Crippen LogP contribution in [0.3, 0.4) is 0 Å². The van der Waals surface area contributed by atoms with E-state index in [0.29, 0.717) is 23.8 Å². The van der Waals surface area contributed by atoms with Gasteiger partial charge in [0.1, 0.15) is 0 Å². The summed E-state index contributed by atoms with van der Waals surface area (Å²) < 4.78 is 5.75. The Kier molecular flexibility index (Phi) is 3.22. The van der Waals surface area contributed by atoms with Crippen LogP contribution in [-0.2, 0) is 0 Å². The fraction of sp³-hybridized carbons (Fsp3) is 0.533. The molecule has 116 valence electrons. The highest BCUT2D eigenvalue weighted by molar-refractivity contribution is 5.37. The highest BCUT2D eigenvalue weighted by Crippen LogP contribution is 2.26. The highest BCUT2D eigenvalue weighted by Gasteiger charge is 2.33. The van der Waals surface area contributed by atoms with Crippen LogP contribution in [0.15, 0.2) is 12.1 Å². The fourth-order valence-electron chi connectivity index (χ4n) is 3.23. The second-order valence-electron chi connectivity index (χ2n) is 6.18. The molecule has 4 rings (SSSR count). The van der Waals surface area contributed by atoms with Gasteiger partial charge in [-0.05, 0) is 26.7 Å². The molecule has 2 aromatic heterocycles. The van der Waals surface area contributed by atoms with Crippen LogP contribution in [0.25, 0.3) is 0 Å². The van der Waals surface area contributed by atoms with Gasteiger partial charge in [-0.3, -0.25) is 5.10 Å². The summed E-state index contributed by atoms with van der Waals surface area (Å²) in [5.74, 6) is 1.82. The molecule has 0 spiro atoms. The van der Waals surface area contributed by atoms with Crippen LogP contribution in [-0.4, -0.2) is 45.3 Å². The lowest BCUT2D eigenvalue weighted by Crippen LogP contribution is -2.51. The molecule has 7 heteroatoms. The van der Waals surface area contributed by atoms with Gasteiger partial charge >= 0.3 is 0 Å². The van der Waals surface area contributed by atoms with Crippen LogP contribution in [0, 0.1) is 13.8 Å².